The predicted octanol–water partition coefficient (Wildman–Crippen LogP) is 0.702. The first kappa shape index (κ1) is 18.4. The summed E-state index contributed by atoms with van der Waals surface area (Å²) in [7, 11) is 0. The van der Waals surface area contributed by atoms with E-state index in [0.29, 0.717) is 30.6 Å². The maximum Gasteiger partial charge on any atom is 0.265 e. The van der Waals surface area contributed by atoms with Crippen molar-refractivity contribution in [1.29, 1.82) is 0 Å². The van der Waals surface area contributed by atoms with E-state index in [2.05, 4.69) is 25.6 Å². The number of Topliss-reactive ketones (excluding diaryl/α,β-unsaturated/α-hetero) is 1. The molecule has 3 aliphatic rings. The van der Waals surface area contributed by atoms with Gasteiger partial charge >= 0.3 is 0 Å². The van der Waals surface area contributed by atoms with Crippen LogP contribution in [0.2, 0.25) is 0 Å². The number of allylic oxidation sites excluding steroid dienone is 1. The number of para-hydroxylation sites is 1. The molecule has 9 heteroatoms. The van der Waals surface area contributed by atoms with E-state index in [-0.39, 0.29) is 29.7 Å². The molecule has 9 nitrogen and oxygen atoms in total. The number of ketones is 1. The van der Waals surface area contributed by atoms with Crippen LogP contribution in [0.25, 0.3) is 0 Å². The zero-order chi connectivity index (χ0) is 20.7. The normalized spacial score (nSPS) is 26.7. The summed E-state index contributed by atoms with van der Waals surface area (Å²) in [6.07, 6.45) is 4.81. The fraction of sp³-hybridized carbons (Fsp3) is 0.286. The third-order valence-electron chi connectivity index (χ3n) is 5.86. The topological polar surface area (TPSA) is 126 Å². The quantitative estimate of drug-likeness (QED) is 0.606. The number of nitrogens with two attached hydrogens (primary N) is 1. The molecule has 2 aromatic rings. The number of carbonyl (C=O) groups is 2. The maximum absolute atomic E-state index is 13.2. The molecule has 4 unspecified atom stereocenters. The van der Waals surface area contributed by atoms with E-state index in [1.165, 1.54) is 0 Å². The molecule has 0 spiro atoms. The zero-order valence-corrected chi connectivity index (χ0v) is 16.1. The van der Waals surface area contributed by atoms with Crippen molar-refractivity contribution in [2.45, 2.75) is 12.1 Å². The number of carbonyl (C=O) groups excluding carboxylic acids is 2. The predicted molar refractivity (Wildman–Crippen MR) is 111 cm³/mol. The second-order valence-corrected chi connectivity index (χ2v) is 7.60. The monoisotopic (exact) mass is 403 g/mol. The summed E-state index contributed by atoms with van der Waals surface area (Å²) in [5.74, 6) is 0.189. The van der Waals surface area contributed by atoms with Crippen LogP contribution in [0.5, 0.6) is 0 Å². The van der Waals surface area contributed by atoms with Crippen LogP contribution in [0.4, 0.5) is 11.6 Å². The van der Waals surface area contributed by atoms with Crippen LogP contribution in [-0.2, 0) is 4.79 Å². The van der Waals surface area contributed by atoms with E-state index in [9.17, 15) is 9.59 Å². The van der Waals surface area contributed by atoms with Gasteiger partial charge in [0.25, 0.3) is 5.91 Å². The molecule has 0 bridgehead atoms. The molecule has 1 amide bonds. The Balaban J connectivity index is 1.32. The highest BCUT2D eigenvalue weighted by Gasteiger charge is 2.63. The Labute approximate surface area is 173 Å². The van der Waals surface area contributed by atoms with Crippen molar-refractivity contribution >= 4 is 29.5 Å². The van der Waals surface area contributed by atoms with E-state index in [0.717, 1.165) is 5.69 Å². The molecule has 4 N–H and O–H groups in total. The van der Waals surface area contributed by atoms with Gasteiger partial charge in [-0.15, -0.1) is 0 Å². The van der Waals surface area contributed by atoms with Gasteiger partial charge in [-0.05, 0) is 30.2 Å². The molecule has 0 radical (unpaired) electrons. The van der Waals surface area contributed by atoms with Gasteiger partial charge in [0, 0.05) is 36.6 Å². The average Bonchev–Trinajstić information content (AvgIpc) is 3.32. The number of aromatic nitrogens is 2. The smallest absolute Gasteiger partial charge is 0.265 e. The van der Waals surface area contributed by atoms with Crippen LogP contribution >= 0.6 is 0 Å². The van der Waals surface area contributed by atoms with Crippen molar-refractivity contribution in [2.24, 2.45) is 22.6 Å². The summed E-state index contributed by atoms with van der Waals surface area (Å²) in [6, 6.07) is 10.9. The Bertz CT molecular complexity index is 1050. The van der Waals surface area contributed by atoms with Crippen molar-refractivity contribution in [3.05, 3.63) is 60.1 Å². The van der Waals surface area contributed by atoms with Gasteiger partial charge in [-0.25, -0.2) is 9.97 Å². The zero-order valence-electron chi connectivity index (χ0n) is 16.1. The first-order chi connectivity index (χ1) is 14.6. The number of anilines is 2. The summed E-state index contributed by atoms with van der Waals surface area (Å²) in [4.78, 5) is 39.8. The molecule has 2 fully saturated rings. The van der Waals surface area contributed by atoms with Gasteiger partial charge in [-0.1, -0.05) is 18.2 Å². The number of amides is 1. The lowest BCUT2D eigenvalue weighted by atomic mass is 10.1. The van der Waals surface area contributed by atoms with Crippen molar-refractivity contribution in [3.8, 4) is 0 Å². The third kappa shape index (κ3) is 3.22. The molecule has 1 saturated carbocycles. The highest BCUT2D eigenvalue weighted by Crippen LogP contribution is 2.51. The minimum atomic E-state index is -0.477. The molecule has 4 atom stereocenters. The number of piperidine rings is 1. The number of rotatable bonds is 6. The van der Waals surface area contributed by atoms with Crippen LogP contribution < -0.4 is 16.4 Å². The SMILES string of the molecule is NC(=O)C1=CC=NCN1C1C2CNC(C(=O)c3ccnc(Nc4ccccc4)n3)C21. The largest absolute Gasteiger partial charge is 0.364 e. The molecule has 1 aromatic heterocycles. The van der Waals surface area contributed by atoms with Crippen molar-refractivity contribution in [1.82, 2.24) is 20.2 Å². The molecule has 5 rings (SSSR count). The second kappa shape index (κ2) is 7.34. The van der Waals surface area contributed by atoms with Crippen LogP contribution in [0.3, 0.4) is 0 Å². The molecule has 3 heterocycles. The molecular formula is C21H21N7O2. The van der Waals surface area contributed by atoms with Gasteiger partial charge < -0.3 is 21.3 Å². The number of benzene rings is 1. The fourth-order valence-corrected chi connectivity index (χ4v) is 4.46. The molecule has 2 aliphatic heterocycles. The Kier molecular flexibility index (Phi) is 4.51. The lowest BCUT2D eigenvalue weighted by Crippen LogP contribution is -2.44. The van der Waals surface area contributed by atoms with E-state index >= 15 is 0 Å². The molecule has 30 heavy (non-hydrogen) atoms. The van der Waals surface area contributed by atoms with Crippen LogP contribution in [0.1, 0.15) is 10.5 Å². The molecule has 1 saturated heterocycles. The van der Waals surface area contributed by atoms with Crippen molar-refractivity contribution in [3.63, 3.8) is 0 Å². The minimum absolute atomic E-state index is 0.0696. The average molecular weight is 403 g/mol. The summed E-state index contributed by atoms with van der Waals surface area (Å²) in [6.45, 7) is 1.09. The lowest BCUT2D eigenvalue weighted by molar-refractivity contribution is -0.116. The summed E-state index contributed by atoms with van der Waals surface area (Å²) in [5.41, 5.74) is 7.18. The number of hydrogen-bond donors (Lipinski definition) is 3. The Morgan fingerprint density at radius 3 is 2.83 bits per heavy atom. The Morgan fingerprint density at radius 2 is 2.03 bits per heavy atom. The number of aliphatic imine (C=N–C) groups is 1. The second-order valence-electron chi connectivity index (χ2n) is 7.60. The Morgan fingerprint density at radius 1 is 1.20 bits per heavy atom. The first-order valence-corrected chi connectivity index (χ1v) is 9.83. The van der Waals surface area contributed by atoms with E-state index in [1.54, 1.807) is 24.6 Å². The van der Waals surface area contributed by atoms with Gasteiger partial charge in [0.2, 0.25) is 5.95 Å². The molecule has 1 aromatic carbocycles. The summed E-state index contributed by atoms with van der Waals surface area (Å²) < 4.78 is 0. The highest BCUT2D eigenvalue weighted by molar-refractivity contribution is 6.00. The van der Waals surface area contributed by atoms with Crippen LogP contribution in [0.15, 0.2) is 59.4 Å². The molecule has 1 aliphatic carbocycles. The van der Waals surface area contributed by atoms with E-state index < -0.39 is 5.91 Å². The molecule has 152 valence electrons. The maximum atomic E-state index is 13.2. The number of hydrogen-bond acceptors (Lipinski definition) is 8. The summed E-state index contributed by atoms with van der Waals surface area (Å²) >= 11 is 0. The Hall–Kier alpha value is -3.59. The lowest BCUT2D eigenvalue weighted by Gasteiger charge is -2.28. The first-order valence-electron chi connectivity index (χ1n) is 9.83. The fourth-order valence-electron chi connectivity index (χ4n) is 4.46. The van der Waals surface area contributed by atoms with Crippen molar-refractivity contribution < 1.29 is 9.59 Å². The van der Waals surface area contributed by atoms with Gasteiger partial charge in [0.1, 0.15) is 18.1 Å². The van der Waals surface area contributed by atoms with Gasteiger partial charge in [0.05, 0.1) is 6.04 Å². The molecular weight excluding hydrogens is 382 g/mol. The standard InChI is InChI=1S/C21H21N7O2/c22-20(30)15-7-8-23-11-28(15)18-13-10-25-17(16(13)18)19(29)14-6-9-24-21(27-14)26-12-4-2-1-3-5-12/h1-9,13,16-18,25H,10-11H2,(H2,22,30)(H,24,26,27). The van der Waals surface area contributed by atoms with E-state index in [1.807, 2.05) is 35.2 Å². The van der Waals surface area contributed by atoms with Crippen LogP contribution in [-0.4, -0.2) is 58.1 Å². The minimum Gasteiger partial charge on any atom is -0.364 e. The number of primary amides is 1. The third-order valence-corrected chi connectivity index (χ3v) is 5.86. The van der Waals surface area contributed by atoms with Crippen molar-refractivity contribution in [2.75, 3.05) is 18.5 Å². The van der Waals surface area contributed by atoms with Gasteiger partial charge in [-0.2, -0.15) is 0 Å². The summed E-state index contributed by atoms with van der Waals surface area (Å²) in [5, 5.41) is 6.42. The number of nitrogens with zero attached hydrogens (tertiary/aromatic N) is 4. The van der Waals surface area contributed by atoms with Gasteiger partial charge in [-0.3, -0.25) is 14.6 Å². The van der Waals surface area contributed by atoms with Gasteiger partial charge in [0.15, 0.2) is 5.78 Å². The highest BCUT2D eigenvalue weighted by atomic mass is 16.1. The van der Waals surface area contributed by atoms with E-state index in [4.69, 9.17) is 5.73 Å². The number of nitrogens with one attached hydrogen (secondary N) is 2. The number of fused-ring (bicyclic) bond motifs is 1. The van der Waals surface area contributed by atoms with Crippen LogP contribution in [0, 0.1) is 11.8 Å².